The van der Waals surface area contributed by atoms with E-state index in [-0.39, 0.29) is 0 Å². The molecule has 0 aliphatic carbocycles. The minimum absolute atomic E-state index is 0.386. The van der Waals surface area contributed by atoms with Gasteiger partial charge in [0.25, 0.3) is 0 Å². The van der Waals surface area contributed by atoms with Crippen LogP contribution in [0.25, 0.3) is 0 Å². The zero-order chi connectivity index (χ0) is 8.60. The van der Waals surface area contributed by atoms with E-state index in [4.69, 9.17) is 0 Å². The molecular formula is C9H12BrNS. The Morgan fingerprint density at radius 3 is 2.92 bits per heavy atom. The third kappa shape index (κ3) is 1.45. The summed E-state index contributed by atoms with van der Waals surface area (Å²) in [5, 5.41) is 3.41. The predicted octanol–water partition coefficient (Wildman–Crippen LogP) is 2.76. The van der Waals surface area contributed by atoms with E-state index in [0.29, 0.717) is 5.41 Å². The van der Waals surface area contributed by atoms with Gasteiger partial charge in [-0.3, -0.25) is 0 Å². The molecule has 1 saturated heterocycles. The highest BCUT2D eigenvalue weighted by molar-refractivity contribution is 9.11. The molecule has 0 aromatic carbocycles. The lowest BCUT2D eigenvalue weighted by atomic mass is 9.88. The molecule has 1 aromatic rings. The van der Waals surface area contributed by atoms with Crippen LogP contribution in [-0.4, -0.2) is 13.1 Å². The van der Waals surface area contributed by atoms with Crippen LogP contribution in [0.15, 0.2) is 15.9 Å². The molecule has 3 heteroatoms. The van der Waals surface area contributed by atoms with Crippen molar-refractivity contribution in [3.63, 3.8) is 0 Å². The number of hydrogen-bond donors (Lipinski definition) is 1. The maximum Gasteiger partial charge on any atom is 0.0701 e. The summed E-state index contributed by atoms with van der Waals surface area (Å²) in [6.45, 7) is 4.62. The number of hydrogen-bond acceptors (Lipinski definition) is 2. The van der Waals surface area contributed by atoms with Gasteiger partial charge in [-0.05, 0) is 41.0 Å². The lowest BCUT2D eigenvalue weighted by molar-refractivity contribution is 0.536. The normalized spacial score (nSPS) is 29.5. The highest BCUT2D eigenvalue weighted by atomic mass is 79.9. The van der Waals surface area contributed by atoms with E-state index < -0.39 is 0 Å². The van der Waals surface area contributed by atoms with Crippen LogP contribution in [0.4, 0.5) is 0 Å². The largest absolute Gasteiger partial charge is 0.316 e. The molecule has 0 amide bonds. The van der Waals surface area contributed by atoms with E-state index in [1.165, 1.54) is 15.1 Å². The minimum Gasteiger partial charge on any atom is -0.316 e. The summed E-state index contributed by atoms with van der Waals surface area (Å²) in [5.74, 6) is 0. The molecule has 0 bridgehead atoms. The summed E-state index contributed by atoms with van der Waals surface area (Å²) < 4.78 is 1.24. The fourth-order valence-corrected chi connectivity index (χ4v) is 3.22. The quantitative estimate of drug-likeness (QED) is 0.803. The SMILES string of the molecule is CC1(c2ccc(Br)s2)CCNC1. The van der Waals surface area contributed by atoms with Crippen molar-refractivity contribution in [3.05, 3.63) is 20.8 Å². The molecule has 66 valence electrons. The maximum atomic E-state index is 3.50. The topological polar surface area (TPSA) is 12.0 Å². The monoisotopic (exact) mass is 245 g/mol. The van der Waals surface area contributed by atoms with E-state index in [0.717, 1.165) is 13.1 Å². The first-order valence-corrected chi connectivity index (χ1v) is 5.78. The van der Waals surface area contributed by atoms with Gasteiger partial charge in [0.15, 0.2) is 0 Å². The average Bonchev–Trinajstić information content (AvgIpc) is 2.59. The first-order chi connectivity index (χ1) is 5.71. The molecule has 1 N–H and O–H groups in total. The molecule has 0 spiro atoms. The lowest BCUT2D eigenvalue weighted by Gasteiger charge is -2.20. The Balaban J connectivity index is 2.28. The van der Waals surface area contributed by atoms with Gasteiger partial charge >= 0.3 is 0 Å². The van der Waals surface area contributed by atoms with Crippen molar-refractivity contribution in [2.24, 2.45) is 0 Å². The number of thiophene rings is 1. The van der Waals surface area contributed by atoms with E-state index in [2.05, 4.69) is 40.3 Å². The van der Waals surface area contributed by atoms with Crippen LogP contribution in [-0.2, 0) is 5.41 Å². The Labute approximate surface area is 85.3 Å². The first kappa shape index (κ1) is 8.73. The second kappa shape index (κ2) is 3.13. The van der Waals surface area contributed by atoms with Gasteiger partial charge in [-0.1, -0.05) is 6.92 Å². The summed E-state index contributed by atoms with van der Waals surface area (Å²) in [6, 6.07) is 4.38. The van der Waals surface area contributed by atoms with E-state index in [9.17, 15) is 0 Å². The van der Waals surface area contributed by atoms with Gasteiger partial charge in [0, 0.05) is 16.8 Å². The highest BCUT2D eigenvalue weighted by Gasteiger charge is 2.31. The summed E-state index contributed by atoms with van der Waals surface area (Å²) in [7, 11) is 0. The molecule has 1 aliphatic heterocycles. The molecule has 1 fully saturated rings. The Bertz CT molecular complexity index is 276. The van der Waals surface area contributed by atoms with E-state index >= 15 is 0 Å². The number of halogens is 1. The second-order valence-corrected chi connectivity index (χ2v) is 6.05. The molecule has 0 saturated carbocycles. The number of nitrogens with one attached hydrogen (secondary N) is 1. The lowest BCUT2D eigenvalue weighted by Crippen LogP contribution is -2.23. The zero-order valence-electron chi connectivity index (χ0n) is 7.06. The van der Waals surface area contributed by atoms with Crippen molar-refractivity contribution < 1.29 is 0 Å². The van der Waals surface area contributed by atoms with Gasteiger partial charge in [-0.2, -0.15) is 0 Å². The standard InChI is InChI=1S/C9H12BrNS/c1-9(4-5-11-6-9)7-2-3-8(10)12-7/h2-3,11H,4-6H2,1H3. The van der Waals surface area contributed by atoms with Crippen LogP contribution in [0.5, 0.6) is 0 Å². The average molecular weight is 246 g/mol. The fraction of sp³-hybridized carbons (Fsp3) is 0.556. The van der Waals surface area contributed by atoms with Crippen LogP contribution in [0.2, 0.25) is 0 Å². The van der Waals surface area contributed by atoms with Gasteiger partial charge in [0.1, 0.15) is 0 Å². The Morgan fingerprint density at radius 1 is 1.58 bits per heavy atom. The Kier molecular flexibility index (Phi) is 2.27. The van der Waals surface area contributed by atoms with E-state index in [1.54, 1.807) is 0 Å². The van der Waals surface area contributed by atoms with Gasteiger partial charge in [-0.15, -0.1) is 11.3 Å². The molecule has 1 aliphatic rings. The predicted molar refractivity (Wildman–Crippen MR) is 56.9 cm³/mol. The molecule has 2 heterocycles. The molecule has 1 aromatic heterocycles. The third-order valence-corrected chi connectivity index (χ3v) is 4.47. The minimum atomic E-state index is 0.386. The Morgan fingerprint density at radius 2 is 2.42 bits per heavy atom. The fourth-order valence-electron chi connectivity index (χ4n) is 1.67. The van der Waals surface area contributed by atoms with Gasteiger partial charge in [0.2, 0.25) is 0 Å². The third-order valence-electron chi connectivity index (χ3n) is 2.54. The van der Waals surface area contributed by atoms with Gasteiger partial charge in [-0.25, -0.2) is 0 Å². The van der Waals surface area contributed by atoms with Crippen LogP contribution in [0.1, 0.15) is 18.2 Å². The molecule has 2 rings (SSSR count). The van der Waals surface area contributed by atoms with Crippen molar-refractivity contribution in [1.29, 1.82) is 0 Å². The maximum absolute atomic E-state index is 3.50. The van der Waals surface area contributed by atoms with Gasteiger partial charge in [0.05, 0.1) is 3.79 Å². The van der Waals surface area contributed by atoms with E-state index in [1.807, 2.05) is 11.3 Å². The molecule has 1 unspecified atom stereocenters. The van der Waals surface area contributed by atoms with Crippen LogP contribution < -0.4 is 5.32 Å². The van der Waals surface area contributed by atoms with Crippen molar-refractivity contribution in [2.75, 3.05) is 13.1 Å². The summed E-state index contributed by atoms with van der Waals surface area (Å²) in [4.78, 5) is 1.50. The number of rotatable bonds is 1. The molecule has 0 radical (unpaired) electrons. The zero-order valence-corrected chi connectivity index (χ0v) is 9.46. The molecule has 12 heavy (non-hydrogen) atoms. The highest BCUT2D eigenvalue weighted by Crippen LogP contribution is 2.36. The second-order valence-electron chi connectivity index (χ2n) is 3.59. The molecule has 1 nitrogen and oxygen atoms in total. The van der Waals surface area contributed by atoms with Gasteiger partial charge < -0.3 is 5.32 Å². The summed E-state index contributed by atoms with van der Waals surface area (Å²) in [5.41, 5.74) is 0.386. The van der Waals surface area contributed by atoms with Crippen LogP contribution in [0.3, 0.4) is 0 Å². The van der Waals surface area contributed by atoms with Crippen LogP contribution >= 0.6 is 27.3 Å². The molecular weight excluding hydrogens is 234 g/mol. The van der Waals surface area contributed by atoms with Crippen molar-refractivity contribution >= 4 is 27.3 Å². The Hall–Kier alpha value is 0.140. The van der Waals surface area contributed by atoms with Crippen LogP contribution in [0, 0.1) is 0 Å². The smallest absolute Gasteiger partial charge is 0.0701 e. The van der Waals surface area contributed by atoms with Crippen molar-refractivity contribution in [3.8, 4) is 0 Å². The first-order valence-electron chi connectivity index (χ1n) is 4.17. The summed E-state index contributed by atoms with van der Waals surface area (Å²) >= 11 is 5.36. The molecule has 1 atom stereocenters. The van der Waals surface area contributed by atoms with Crippen molar-refractivity contribution in [2.45, 2.75) is 18.8 Å². The summed E-state index contributed by atoms with van der Waals surface area (Å²) in [6.07, 6.45) is 1.26. The van der Waals surface area contributed by atoms with Crippen molar-refractivity contribution in [1.82, 2.24) is 5.32 Å².